The molecule has 1 saturated heterocycles. The van der Waals surface area contributed by atoms with E-state index in [1.54, 1.807) is 32.0 Å². The van der Waals surface area contributed by atoms with Crippen molar-refractivity contribution in [1.29, 1.82) is 0 Å². The second-order valence-electron chi connectivity index (χ2n) is 10.4. The van der Waals surface area contributed by atoms with Crippen molar-refractivity contribution in [3.63, 3.8) is 0 Å². The SMILES string of the molecule is CCOC(=O)c1cc(NC(=O)CN2C(=O)S/C(=C/c3ccc(OCC(=O)Nc4ccccc4C(C)C)c(OCC)c3)C2=O)ccc1Cl. The van der Waals surface area contributed by atoms with Crippen LogP contribution in [0.15, 0.2) is 65.6 Å². The predicted octanol–water partition coefficient (Wildman–Crippen LogP) is 6.73. The number of imide groups is 1. The number of anilines is 2. The summed E-state index contributed by atoms with van der Waals surface area (Å²) in [4.78, 5) is 64.2. The van der Waals surface area contributed by atoms with Crippen LogP contribution in [0.5, 0.6) is 11.5 Å². The van der Waals surface area contributed by atoms with Crippen LogP contribution in [0.4, 0.5) is 16.2 Å². The van der Waals surface area contributed by atoms with Gasteiger partial charge in [-0.2, -0.15) is 0 Å². The summed E-state index contributed by atoms with van der Waals surface area (Å²) >= 11 is 6.77. The highest BCUT2D eigenvalue weighted by Crippen LogP contribution is 2.35. The summed E-state index contributed by atoms with van der Waals surface area (Å²) in [6, 6.07) is 16.7. The number of para-hydroxylation sites is 1. The molecular weight excluding hydrogens is 646 g/mol. The van der Waals surface area contributed by atoms with Gasteiger partial charge in [-0.05, 0) is 85.1 Å². The Morgan fingerprint density at radius 2 is 1.68 bits per heavy atom. The first-order valence-electron chi connectivity index (χ1n) is 14.8. The van der Waals surface area contributed by atoms with E-state index in [4.69, 9.17) is 25.8 Å². The molecule has 1 fully saturated rings. The Morgan fingerprint density at radius 3 is 2.40 bits per heavy atom. The van der Waals surface area contributed by atoms with Crippen LogP contribution in [0.25, 0.3) is 6.08 Å². The van der Waals surface area contributed by atoms with Gasteiger partial charge in [-0.25, -0.2) is 4.79 Å². The molecular formula is C34H34ClN3O8S. The molecule has 0 atom stereocenters. The molecule has 2 N–H and O–H groups in total. The highest BCUT2D eigenvalue weighted by atomic mass is 35.5. The summed E-state index contributed by atoms with van der Waals surface area (Å²) in [5.74, 6) is -1.37. The highest BCUT2D eigenvalue weighted by molar-refractivity contribution is 8.18. The molecule has 3 aromatic carbocycles. The van der Waals surface area contributed by atoms with Gasteiger partial charge in [0.1, 0.15) is 6.54 Å². The van der Waals surface area contributed by atoms with Crippen LogP contribution in [-0.4, -0.2) is 60.2 Å². The van der Waals surface area contributed by atoms with E-state index < -0.39 is 29.6 Å². The minimum Gasteiger partial charge on any atom is -0.490 e. The van der Waals surface area contributed by atoms with Gasteiger partial charge in [0, 0.05) is 11.4 Å². The number of nitrogens with zero attached hydrogens (tertiary/aromatic N) is 1. The lowest BCUT2D eigenvalue weighted by atomic mass is 10.0. The summed E-state index contributed by atoms with van der Waals surface area (Å²) in [6.07, 6.45) is 1.51. The number of esters is 1. The van der Waals surface area contributed by atoms with Crippen molar-refractivity contribution in [1.82, 2.24) is 4.90 Å². The summed E-state index contributed by atoms with van der Waals surface area (Å²) in [5.41, 5.74) is 2.58. The Bertz CT molecular complexity index is 1730. The third-order valence-corrected chi connectivity index (χ3v) is 7.94. The molecule has 0 unspecified atom stereocenters. The number of halogens is 1. The molecule has 4 amide bonds. The van der Waals surface area contributed by atoms with Gasteiger partial charge in [0.2, 0.25) is 5.91 Å². The monoisotopic (exact) mass is 679 g/mol. The van der Waals surface area contributed by atoms with Gasteiger partial charge in [-0.3, -0.25) is 24.1 Å². The molecule has 4 rings (SSSR count). The van der Waals surface area contributed by atoms with E-state index in [0.29, 0.717) is 35.4 Å². The van der Waals surface area contributed by atoms with Gasteiger partial charge in [0.15, 0.2) is 18.1 Å². The highest BCUT2D eigenvalue weighted by Gasteiger charge is 2.36. The van der Waals surface area contributed by atoms with E-state index in [1.807, 2.05) is 38.1 Å². The zero-order valence-corrected chi connectivity index (χ0v) is 27.8. The van der Waals surface area contributed by atoms with E-state index >= 15 is 0 Å². The zero-order valence-electron chi connectivity index (χ0n) is 26.3. The summed E-state index contributed by atoms with van der Waals surface area (Å²) in [6.45, 7) is 7.20. The number of carbonyl (C=O) groups is 5. The lowest BCUT2D eigenvalue weighted by Crippen LogP contribution is -2.36. The van der Waals surface area contributed by atoms with Crippen LogP contribution in [0, 0.1) is 0 Å². The van der Waals surface area contributed by atoms with Gasteiger partial charge in [0.25, 0.3) is 17.1 Å². The number of carbonyl (C=O) groups excluding carboxylic acids is 5. The third-order valence-electron chi connectivity index (χ3n) is 6.70. The molecule has 11 nitrogen and oxygen atoms in total. The van der Waals surface area contributed by atoms with Gasteiger partial charge < -0.3 is 24.8 Å². The quantitative estimate of drug-likeness (QED) is 0.149. The van der Waals surface area contributed by atoms with Crippen LogP contribution in [0.1, 0.15) is 55.1 Å². The van der Waals surface area contributed by atoms with E-state index in [2.05, 4.69) is 10.6 Å². The van der Waals surface area contributed by atoms with Crippen molar-refractivity contribution in [2.75, 3.05) is 37.0 Å². The molecule has 0 aromatic heterocycles. The number of hydrogen-bond acceptors (Lipinski definition) is 9. The van der Waals surface area contributed by atoms with E-state index in [-0.39, 0.29) is 46.2 Å². The average molecular weight is 680 g/mol. The predicted molar refractivity (Wildman–Crippen MR) is 181 cm³/mol. The van der Waals surface area contributed by atoms with E-state index in [0.717, 1.165) is 16.2 Å². The number of amides is 4. The maximum atomic E-state index is 13.1. The molecule has 13 heteroatoms. The average Bonchev–Trinajstić information content (AvgIpc) is 3.29. The zero-order chi connectivity index (χ0) is 34.1. The van der Waals surface area contributed by atoms with Crippen LogP contribution in [-0.2, 0) is 19.1 Å². The molecule has 0 bridgehead atoms. The van der Waals surface area contributed by atoms with Crippen LogP contribution < -0.4 is 20.1 Å². The van der Waals surface area contributed by atoms with E-state index in [1.165, 1.54) is 24.3 Å². The van der Waals surface area contributed by atoms with E-state index in [9.17, 15) is 24.0 Å². The Labute approximate surface area is 281 Å². The number of ether oxygens (including phenoxy) is 3. The molecule has 0 aliphatic carbocycles. The molecule has 3 aromatic rings. The fourth-order valence-electron chi connectivity index (χ4n) is 4.55. The van der Waals surface area contributed by atoms with Crippen molar-refractivity contribution in [2.45, 2.75) is 33.6 Å². The molecule has 47 heavy (non-hydrogen) atoms. The first-order chi connectivity index (χ1) is 22.5. The Morgan fingerprint density at radius 1 is 0.915 bits per heavy atom. The van der Waals surface area contributed by atoms with Gasteiger partial charge in [-0.15, -0.1) is 0 Å². The third kappa shape index (κ3) is 9.14. The second kappa shape index (κ2) is 16.1. The first kappa shape index (κ1) is 35.1. The van der Waals surface area contributed by atoms with Crippen molar-refractivity contribution >= 4 is 69.7 Å². The molecule has 0 saturated carbocycles. The topological polar surface area (TPSA) is 140 Å². The number of nitrogens with one attached hydrogen (secondary N) is 2. The Hall–Kier alpha value is -4.81. The summed E-state index contributed by atoms with van der Waals surface area (Å²) in [7, 11) is 0. The summed E-state index contributed by atoms with van der Waals surface area (Å²) < 4.78 is 16.5. The van der Waals surface area contributed by atoms with Gasteiger partial charge in [-0.1, -0.05) is 49.7 Å². The Kier molecular flexibility index (Phi) is 12.0. The Balaban J connectivity index is 1.40. The van der Waals surface area contributed by atoms with Crippen LogP contribution in [0.3, 0.4) is 0 Å². The van der Waals surface area contributed by atoms with Crippen LogP contribution >= 0.6 is 23.4 Å². The van der Waals surface area contributed by atoms with Crippen molar-refractivity contribution in [3.8, 4) is 11.5 Å². The van der Waals surface area contributed by atoms with Gasteiger partial charge in [0.05, 0.1) is 28.7 Å². The first-order valence-corrected chi connectivity index (χ1v) is 16.0. The van der Waals surface area contributed by atoms with Gasteiger partial charge >= 0.3 is 5.97 Å². The lowest BCUT2D eigenvalue weighted by molar-refractivity contribution is -0.127. The van der Waals surface area contributed by atoms with Crippen molar-refractivity contribution in [3.05, 3.63) is 87.3 Å². The number of rotatable bonds is 13. The molecule has 246 valence electrons. The number of hydrogen-bond donors (Lipinski definition) is 2. The largest absolute Gasteiger partial charge is 0.490 e. The van der Waals surface area contributed by atoms with Crippen molar-refractivity contribution < 1.29 is 38.2 Å². The molecule has 0 radical (unpaired) electrons. The van der Waals surface area contributed by atoms with Crippen LogP contribution in [0.2, 0.25) is 5.02 Å². The normalized spacial score (nSPS) is 13.6. The smallest absolute Gasteiger partial charge is 0.339 e. The molecule has 1 aliphatic heterocycles. The minimum atomic E-state index is -0.650. The second-order valence-corrected chi connectivity index (χ2v) is 11.8. The lowest BCUT2D eigenvalue weighted by Gasteiger charge is -2.15. The fraction of sp³-hybridized carbons (Fsp3) is 0.265. The minimum absolute atomic E-state index is 0.0685. The van der Waals surface area contributed by atoms with Crippen molar-refractivity contribution in [2.24, 2.45) is 0 Å². The standard InChI is InChI=1S/C34H34ClN3O8S/c1-5-44-28-15-21(11-14-27(28)46-19-31(40)37-26-10-8-7-9-23(26)20(3)4)16-29-32(41)38(34(43)47-29)18-30(39)36-22-12-13-25(35)24(17-22)33(42)45-6-2/h7-17,20H,5-6,18-19H2,1-4H3,(H,36,39)(H,37,40)/b29-16+. The molecule has 0 spiro atoms. The summed E-state index contributed by atoms with van der Waals surface area (Å²) in [5, 5.41) is 4.99. The number of benzene rings is 3. The fourth-order valence-corrected chi connectivity index (χ4v) is 5.58. The maximum absolute atomic E-state index is 13.1. The molecule has 1 heterocycles. The molecule has 1 aliphatic rings. The number of thioether (sulfide) groups is 1. The maximum Gasteiger partial charge on any atom is 0.339 e.